The standard InChI is InChI=1S/C5H6O3S.Na/c6-9(7)4-5-2-1-3-8-5;/h1-3H,4H2,(H,6,7);/q;+1/p-1. The van der Waals surface area contributed by atoms with Gasteiger partial charge in [0.05, 0.1) is 12.0 Å². The van der Waals surface area contributed by atoms with Gasteiger partial charge in [-0.25, -0.2) is 0 Å². The third kappa shape index (κ3) is 3.53. The number of rotatable bonds is 2. The van der Waals surface area contributed by atoms with Crippen LogP contribution in [0.2, 0.25) is 0 Å². The van der Waals surface area contributed by atoms with Crippen molar-refractivity contribution in [2.45, 2.75) is 5.75 Å². The van der Waals surface area contributed by atoms with Crippen LogP contribution in [0, 0.1) is 0 Å². The molecule has 10 heavy (non-hydrogen) atoms. The largest absolute Gasteiger partial charge is 1.00 e. The van der Waals surface area contributed by atoms with Crippen molar-refractivity contribution >= 4 is 11.1 Å². The summed E-state index contributed by atoms with van der Waals surface area (Å²) in [6.07, 6.45) is 1.45. The Balaban J connectivity index is 0.000000810. The Labute approximate surface area is 83.4 Å². The minimum absolute atomic E-state index is 0. The minimum Gasteiger partial charge on any atom is -0.772 e. The molecular weight excluding hydrogens is 163 g/mol. The van der Waals surface area contributed by atoms with Gasteiger partial charge in [-0.3, -0.25) is 4.21 Å². The van der Waals surface area contributed by atoms with E-state index < -0.39 is 11.1 Å². The maximum absolute atomic E-state index is 10.0. The molecule has 1 rings (SSSR count). The van der Waals surface area contributed by atoms with Crippen LogP contribution < -0.4 is 29.6 Å². The fourth-order valence-corrected chi connectivity index (χ4v) is 0.907. The molecule has 0 aliphatic heterocycles. The van der Waals surface area contributed by atoms with Crippen molar-refractivity contribution in [1.82, 2.24) is 0 Å². The van der Waals surface area contributed by atoms with Crippen LogP contribution in [0.4, 0.5) is 0 Å². The minimum atomic E-state index is -2.04. The van der Waals surface area contributed by atoms with Crippen LogP contribution in [0.25, 0.3) is 0 Å². The second-order valence-corrected chi connectivity index (χ2v) is 2.42. The summed E-state index contributed by atoms with van der Waals surface area (Å²) in [4.78, 5) is 0. The van der Waals surface area contributed by atoms with Crippen molar-refractivity contribution in [2.75, 3.05) is 0 Å². The van der Waals surface area contributed by atoms with E-state index in [-0.39, 0.29) is 35.3 Å². The van der Waals surface area contributed by atoms with Crippen LogP contribution in [-0.4, -0.2) is 8.76 Å². The van der Waals surface area contributed by atoms with Crippen molar-refractivity contribution in [3.8, 4) is 0 Å². The normalized spacial score (nSPS) is 12.1. The van der Waals surface area contributed by atoms with Gasteiger partial charge in [0, 0.05) is 0 Å². The van der Waals surface area contributed by atoms with Gasteiger partial charge < -0.3 is 8.97 Å². The van der Waals surface area contributed by atoms with Crippen LogP contribution in [-0.2, 0) is 16.8 Å². The summed E-state index contributed by atoms with van der Waals surface area (Å²) < 4.78 is 24.8. The van der Waals surface area contributed by atoms with E-state index in [9.17, 15) is 8.76 Å². The Kier molecular flexibility index (Phi) is 5.29. The van der Waals surface area contributed by atoms with E-state index in [2.05, 4.69) is 0 Å². The second kappa shape index (κ2) is 5.09. The zero-order valence-corrected chi connectivity index (χ0v) is 8.39. The number of hydrogen-bond acceptors (Lipinski definition) is 3. The van der Waals surface area contributed by atoms with Crippen LogP contribution in [0.5, 0.6) is 0 Å². The van der Waals surface area contributed by atoms with Crippen LogP contribution in [0.15, 0.2) is 22.8 Å². The number of hydrogen-bond donors (Lipinski definition) is 0. The Morgan fingerprint density at radius 2 is 2.40 bits per heavy atom. The molecule has 0 radical (unpaired) electrons. The maximum Gasteiger partial charge on any atom is 1.00 e. The summed E-state index contributed by atoms with van der Waals surface area (Å²) in [7, 11) is 0. The molecule has 1 aromatic rings. The van der Waals surface area contributed by atoms with Crippen LogP contribution in [0.3, 0.4) is 0 Å². The predicted octanol–water partition coefficient (Wildman–Crippen LogP) is -2.34. The Bertz CT molecular complexity index is 197. The molecule has 0 saturated heterocycles. The molecule has 0 aliphatic carbocycles. The third-order valence-corrected chi connectivity index (χ3v) is 1.36. The molecule has 3 nitrogen and oxygen atoms in total. The van der Waals surface area contributed by atoms with Crippen LogP contribution in [0.1, 0.15) is 5.76 Å². The van der Waals surface area contributed by atoms with E-state index in [0.717, 1.165) is 0 Å². The maximum atomic E-state index is 10.0. The van der Waals surface area contributed by atoms with Gasteiger partial charge in [-0.05, 0) is 23.2 Å². The average Bonchev–Trinajstić information content (AvgIpc) is 2.15. The zero-order valence-electron chi connectivity index (χ0n) is 5.57. The van der Waals surface area contributed by atoms with E-state index in [1.54, 1.807) is 12.1 Å². The predicted molar refractivity (Wildman–Crippen MR) is 31.3 cm³/mol. The fraction of sp³-hybridized carbons (Fsp3) is 0.200. The van der Waals surface area contributed by atoms with Crippen molar-refractivity contribution in [1.29, 1.82) is 0 Å². The summed E-state index contributed by atoms with van der Waals surface area (Å²) in [6, 6.07) is 3.28. The molecule has 5 heteroatoms. The van der Waals surface area contributed by atoms with Gasteiger partial charge in [0.25, 0.3) is 0 Å². The number of furan rings is 1. The van der Waals surface area contributed by atoms with Gasteiger partial charge in [-0.2, -0.15) is 0 Å². The summed E-state index contributed by atoms with van der Waals surface area (Å²) in [5.41, 5.74) is 0. The molecule has 0 bridgehead atoms. The summed E-state index contributed by atoms with van der Waals surface area (Å²) >= 11 is -2.04. The van der Waals surface area contributed by atoms with Gasteiger partial charge in [0.2, 0.25) is 0 Å². The van der Waals surface area contributed by atoms with E-state index in [0.29, 0.717) is 5.76 Å². The topological polar surface area (TPSA) is 53.3 Å². The molecule has 0 fully saturated rings. The third-order valence-electron chi connectivity index (χ3n) is 0.840. The summed E-state index contributed by atoms with van der Waals surface area (Å²) in [5, 5.41) is 0. The van der Waals surface area contributed by atoms with Gasteiger partial charge in [-0.15, -0.1) is 0 Å². The first-order valence-corrected chi connectivity index (χ1v) is 3.61. The second-order valence-electron chi connectivity index (χ2n) is 1.53. The SMILES string of the molecule is O=S([O-])Cc1ccco1.[Na+]. The Hall–Kier alpha value is 0.390. The zero-order chi connectivity index (χ0) is 6.69. The Morgan fingerprint density at radius 3 is 2.80 bits per heavy atom. The molecule has 1 unspecified atom stereocenters. The molecule has 50 valence electrons. The van der Waals surface area contributed by atoms with Crippen LogP contribution >= 0.6 is 0 Å². The van der Waals surface area contributed by atoms with E-state index in [4.69, 9.17) is 4.42 Å². The van der Waals surface area contributed by atoms with Gasteiger partial charge in [-0.1, -0.05) is 0 Å². The van der Waals surface area contributed by atoms with Gasteiger partial charge in [0.15, 0.2) is 0 Å². The van der Waals surface area contributed by atoms with Crippen molar-refractivity contribution in [3.63, 3.8) is 0 Å². The molecule has 0 spiro atoms. The van der Waals surface area contributed by atoms with Gasteiger partial charge >= 0.3 is 29.6 Å². The fourth-order valence-electron chi connectivity index (χ4n) is 0.511. The van der Waals surface area contributed by atoms with E-state index in [1.807, 2.05) is 0 Å². The molecule has 0 aliphatic rings. The van der Waals surface area contributed by atoms with Crippen molar-refractivity contribution in [2.24, 2.45) is 0 Å². The first-order valence-electron chi connectivity index (χ1n) is 2.37. The molecule has 0 aromatic carbocycles. The average molecular weight is 168 g/mol. The van der Waals surface area contributed by atoms with Crippen molar-refractivity contribution in [3.05, 3.63) is 24.2 Å². The van der Waals surface area contributed by atoms with Gasteiger partial charge in [0.1, 0.15) is 5.76 Å². The Morgan fingerprint density at radius 1 is 1.70 bits per heavy atom. The quantitative estimate of drug-likeness (QED) is 0.367. The molecule has 0 saturated carbocycles. The van der Waals surface area contributed by atoms with E-state index >= 15 is 0 Å². The molecule has 1 heterocycles. The summed E-state index contributed by atoms with van der Waals surface area (Å²) in [5.74, 6) is 0.441. The molecular formula is C5H5NaO3S. The summed E-state index contributed by atoms with van der Waals surface area (Å²) in [6.45, 7) is 0. The molecule has 0 amide bonds. The molecule has 1 atom stereocenters. The van der Waals surface area contributed by atoms with E-state index in [1.165, 1.54) is 6.26 Å². The smallest absolute Gasteiger partial charge is 0.772 e. The first kappa shape index (κ1) is 10.4. The van der Waals surface area contributed by atoms with Crippen molar-refractivity contribution < 1.29 is 42.7 Å². The molecule has 1 aromatic heterocycles. The first-order chi connectivity index (χ1) is 4.29. The monoisotopic (exact) mass is 168 g/mol. The molecule has 0 N–H and O–H groups in total.